The summed E-state index contributed by atoms with van der Waals surface area (Å²) in [6.07, 6.45) is 4.49. The smallest absolute Gasteiger partial charge is 0.243 e. The number of aryl methyl sites for hydroxylation is 1. The van der Waals surface area contributed by atoms with Crippen LogP contribution in [0.2, 0.25) is 0 Å². The van der Waals surface area contributed by atoms with Crippen molar-refractivity contribution >= 4 is 32.4 Å². The highest BCUT2D eigenvalue weighted by atomic mass is 32.2. The second-order valence-electron chi connectivity index (χ2n) is 6.93. The van der Waals surface area contributed by atoms with E-state index < -0.39 is 10.0 Å². The highest BCUT2D eigenvalue weighted by molar-refractivity contribution is 7.89. The van der Waals surface area contributed by atoms with E-state index in [9.17, 15) is 13.2 Å². The number of aromatic nitrogens is 2. The molecule has 152 valence electrons. The predicted molar refractivity (Wildman–Crippen MR) is 113 cm³/mol. The average Bonchev–Trinajstić information content (AvgIpc) is 3.49. The number of hydrogen-bond acceptors (Lipinski definition) is 5. The number of carbonyl (C=O) groups is 1. The van der Waals surface area contributed by atoms with Crippen LogP contribution in [0.4, 0.5) is 5.13 Å². The Morgan fingerprint density at radius 1 is 1.17 bits per heavy atom. The van der Waals surface area contributed by atoms with Gasteiger partial charge in [-0.25, -0.2) is 13.4 Å². The molecule has 9 heteroatoms. The third-order valence-electron chi connectivity index (χ3n) is 4.89. The minimum atomic E-state index is -3.40. The molecule has 0 unspecified atom stereocenters. The van der Waals surface area contributed by atoms with Crippen molar-refractivity contribution in [2.45, 2.75) is 30.6 Å². The maximum Gasteiger partial charge on any atom is 0.243 e. The molecule has 1 aliphatic rings. The summed E-state index contributed by atoms with van der Waals surface area (Å²) in [5, 5.41) is 5.27. The summed E-state index contributed by atoms with van der Waals surface area (Å²) in [7, 11) is -3.40. The van der Waals surface area contributed by atoms with Crippen LogP contribution in [-0.4, -0.2) is 41.7 Å². The summed E-state index contributed by atoms with van der Waals surface area (Å²) in [4.78, 5) is 20.0. The summed E-state index contributed by atoms with van der Waals surface area (Å²) in [6.45, 7) is 1.18. The maximum absolute atomic E-state index is 12.6. The molecule has 0 bridgehead atoms. The second kappa shape index (κ2) is 8.48. The Morgan fingerprint density at radius 3 is 2.62 bits per heavy atom. The number of anilines is 1. The Kier molecular flexibility index (Phi) is 5.79. The van der Waals surface area contributed by atoms with E-state index in [0.29, 0.717) is 36.0 Å². The Morgan fingerprint density at radius 2 is 1.93 bits per heavy atom. The number of nitrogens with one attached hydrogen (secondary N) is 2. The van der Waals surface area contributed by atoms with E-state index in [1.165, 1.54) is 15.6 Å². The van der Waals surface area contributed by atoms with Gasteiger partial charge in [0, 0.05) is 31.1 Å². The SMILES string of the molecule is O=C(CCc1ccc(S(=O)(=O)N2CCCC2)cc1)Nc1nc(-c2ccc[nH]2)cs1. The molecule has 4 rings (SSSR count). The van der Waals surface area contributed by atoms with Crippen LogP contribution in [0.5, 0.6) is 0 Å². The van der Waals surface area contributed by atoms with Gasteiger partial charge in [0.1, 0.15) is 0 Å². The number of amides is 1. The van der Waals surface area contributed by atoms with E-state index in [0.717, 1.165) is 29.8 Å². The van der Waals surface area contributed by atoms with Crippen molar-refractivity contribution in [3.8, 4) is 11.4 Å². The highest BCUT2D eigenvalue weighted by Crippen LogP contribution is 2.24. The van der Waals surface area contributed by atoms with Gasteiger partial charge in [0.15, 0.2) is 5.13 Å². The Hall–Kier alpha value is -2.49. The van der Waals surface area contributed by atoms with E-state index in [-0.39, 0.29) is 5.91 Å². The molecular formula is C20H22N4O3S2. The van der Waals surface area contributed by atoms with Gasteiger partial charge < -0.3 is 10.3 Å². The standard InChI is InChI=1S/C20H22N4O3S2/c25-19(23-20-22-18(14-28-20)17-4-3-11-21-17)10-7-15-5-8-16(9-6-15)29(26,27)24-12-1-2-13-24/h3-6,8-9,11,14,21H,1-2,7,10,12-13H2,(H,22,23,25). The van der Waals surface area contributed by atoms with Crippen molar-refractivity contribution in [1.29, 1.82) is 0 Å². The molecule has 0 saturated carbocycles. The van der Waals surface area contributed by atoms with E-state index in [2.05, 4.69) is 15.3 Å². The van der Waals surface area contributed by atoms with Crippen LogP contribution in [0.3, 0.4) is 0 Å². The first kappa shape index (κ1) is 19.8. The molecule has 1 fully saturated rings. The molecule has 1 aromatic carbocycles. The zero-order valence-electron chi connectivity index (χ0n) is 15.8. The van der Waals surface area contributed by atoms with E-state index in [4.69, 9.17) is 0 Å². The molecule has 7 nitrogen and oxygen atoms in total. The molecule has 0 aliphatic carbocycles. The maximum atomic E-state index is 12.6. The van der Waals surface area contributed by atoms with Gasteiger partial charge in [0.05, 0.1) is 16.3 Å². The van der Waals surface area contributed by atoms with E-state index in [1.54, 1.807) is 24.3 Å². The molecular weight excluding hydrogens is 408 g/mol. The van der Waals surface area contributed by atoms with Crippen LogP contribution in [0.25, 0.3) is 11.4 Å². The lowest BCUT2D eigenvalue weighted by Crippen LogP contribution is -2.27. The lowest BCUT2D eigenvalue weighted by Gasteiger charge is -2.15. The third-order valence-corrected chi connectivity index (χ3v) is 7.56. The molecule has 1 aliphatic heterocycles. The topological polar surface area (TPSA) is 95.2 Å². The van der Waals surface area contributed by atoms with Gasteiger partial charge in [0.2, 0.25) is 15.9 Å². The van der Waals surface area contributed by atoms with Gasteiger partial charge in [-0.15, -0.1) is 11.3 Å². The Balaban J connectivity index is 1.31. The number of aromatic amines is 1. The summed E-state index contributed by atoms with van der Waals surface area (Å²) < 4.78 is 26.6. The molecule has 1 amide bonds. The fourth-order valence-corrected chi connectivity index (χ4v) is 5.53. The molecule has 2 aromatic heterocycles. The largest absolute Gasteiger partial charge is 0.360 e. The quantitative estimate of drug-likeness (QED) is 0.600. The number of carbonyl (C=O) groups excluding carboxylic acids is 1. The first-order chi connectivity index (χ1) is 14.0. The van der Waals surface area contributed by atoms with Crippen molar-refractivity contribution in [2.24, 2.45) is 0 Å². The van der Waals surface area contributed by atoms with Crippen molar-refractivity contribution in [1.82, 2.24) is 14.3 Å². The predicted octanol–water partition coefficient (Wildman–Crippen LogP) is 3.49. The molecule has 3 heterocycles. The van der Waals surface area contributed by atoms with Gasteiger partial charge in [-0.1, -0.05) is 12.1 Å². The number of hydrogen-bond donors (Lipinski definition) is 2. The van der Waals surface area contributed by atoms with E-state index >= 15 is 0 Å². The van der Waals surface area contributed by atoms with E-state index in [1.807, 2.05) is 23.7 Å². The number of rotatable bonds is 7. The lowest BCUT2D eigenvalue weighted by atomic mass is 10.1. The number of nitrogens with zero attached hydrogens (tertiary/aromatic N) is 2. The van der Waals surface area contributed by atoms with Gasteiger partial charge in [-0.3, -0.25) is 4.79 Å². The molecule has 3 aromatic rings. The number of sulfonamides is 1. The summed E-state index contributed by atoms with van der Waals surface area (Å²) >= 11 is 1.38. The van der Waals surface area contributed by atoms with Crippen LogP contribution in [0.15, 0.2) is 52.9 Å². The molecule has 2 N–H and O–H groups in total. The highest BCUT2D eigenvalue weighted by Gasteiger charge is 2.26. The zero-order valence-corrected chi connectivity index (χ0v) is 17.4. The van der Waals surface area contributed by atoms with Crippen molar-refractivity contribution in [2.75, 3.05) is 18.4 Å². The summed E-state index contributed by atoms with van der Waals surface area (Å²) in [6, 6.07) is 10.6. The average molecular weight is 431 g/mol. The molecule has 29 heavy (non-hydrogen) atoms. The monoisotopic (exact) mass is 430 g/mol. The molecule has 0 radical (unpaired) electrons. The number of benzene rings is 1. The van der Waals surface area contributed by atoms with Crippen LogP contribution in [0, 0.1) is 0 Å². The zero-order chi connectivity index (χ0) is 20.3. The van der Waals surface area contributed by atoms with Crippen LogP contribution in [-0.2, 0) is 21.2 Å². The fourth-order valence-electron chi connectivity index (χ4n) is 3.29. The lowest BCUT2D eigenvalue weighted by molar-refractivity contribution is -0.116. The fraction of sp³-hybridized carbons (Fsp3) is 0.300. The first-order valence-electron chi connectivity index (χ1n) is 9.50. The second-order valence-corrected chi connectivity index (χ2v) is 9.72. The van der Waals surface area contributed by atoms with Gasteiger partial charge in [-0.2, -0.15) is 4.31 Å². The molecule has 1 saturated heterocycles. The Bertz CT molecular complexity index is 1070. The van der Waals surface area contributed by atoms with Gasteiger partial charge in [0.25, 0.3) is 0 Å². The van der Waals surface area contributed by atoms with Gasteiger partial charge in [-0.05, 0) is 49.1 Å². The Labute approximate surface area is 173 Å². The summed E-state index contributed by atoms with van der Waals surface area (Å²) in [5.74, 6) is -0.119. The minimum absolute atomic E-state index is 0.119. The van der Waals surface area contributed by atoms with Crippen molar-refractivity contribution in [3.63, 3.8) is 0 Å². The van der Waals surface area contributed by atoms with Crippen LogP contribution < -0.4 is 5.32 Å². The van der Waals surface area contributed by atoms with Crippen molar-refractivity contribution < 1.29 is 13.2 Å². The minimum Gasteiger partial charge on any atom is -0.360 e. The molecule has 0 spiro atoms. The van der Waals surface area contributed by atoms with Gasteiger partial charge >= 0.3 is 0 Å². The number of thiazole rings is 1. The van der Waals surface area contributed by atoms with Crippen molar-refractivity contribution in [3.05, 3.63) is 53.5 Å². The van der Waals surface area contributed by atoms with Crippen LogP contribution in [0.1, 0.15) is 24.8 Å². The summed E-state index contributed by atoms with van der Waals surface area (Å²) in [5.41, 5.74) is 2.63. The number of H-pyrrole nitrogens is 1. The molecule has 0 atom stereocenters. The first-order valence-corrected chi connectivity index (χ1v) is 11.8. The van der Waals surface area contributed by atoms with Crippen LogP contribution >= 0.6 is 11.3 Å². The normalized spacial score (nSPS) is 14.9. The third kappa shape index (κ3) is 4.58.